The zero-order chi connectivity index (χ0) is 31.5. The summed E-state index contributed by atoms with van der Waals surface area (Å²) < 4.78 is 36.0. The van der Waals surface area contributed by atoms with Gasteiger partial charge in [-0.15, -0.1) is 5.10 Å². The van der Waals surface area contributed by atoms with Gasteiger partial charge >= 0.3 is 0 Å². The van der Waals surface area contributed by atoms with E-state index in [0.717, 1.165) is 11.1 Å². The van der Waals surface area contributed by atoms with Crippen LogP contribution in [0, 0.1) is 18.6 Å². The van der Waals surface area contributed by atoms with Crippen molar-refractivity contribution in [3.63, 3.8) is 0 Å². The lowest BCUT2D eigenvalue weighted by Gasteiger charge is -2.28. The molecule has 0 spiro atoms. The molecule has 0 saturated carbocycles. The minimum absolute atomic E-state index is 0.0445. The first-order valence-electron chi connectivity index (χ1n) is 14.1. The molecule has 45 heavy (non-hydrogen) atoms. The van der Waals surface area contributed by atoms with Gasteiger partial charge in [-0.05, 0) is 73.0 Å². The van der Waals surface area contributed by atoms with E-state index in [4.69, 9.17) is 21.4 Å². The van der Waals surface area contributed by atoms with Crippen LogP contribution in [0.1, 0.15) is 35.2 Å². The van der Waals surface area contributed by atoms with E-state index < -0.39 is 11.9 Å². The minimum Gasteiger partial charge on any atom is -0.489 e. The van der Waals surface area contributed by atoms with Crippen LogP contribution < -0.4 is 15.4 Å². The molecule has 5 aromatic rings. The van der Waals surface area contributed by atoms with E-state index >= 15 is 0 Å². The fourth-order valence-electron chi connectivity index (χ4n) is 5.05. The third-order valence-electron chi connectivity index (χ3n) is 7.31. The maximum atomic E-state index is 14.3. The van der Waals surface area contributed by atoms with Gasteiger partial charge in [0.15, 0.2) is 0 Å². The van der Waals surface area contributed by atoms with E-state index in [0.29, 0.717) is 45.1 Å². The zero-order valence-electron chi connectivity index (χ0n) is 24.4. The number of halogens is 3. The molecule has 228 valence electrons. The summed E-state index contributed by atoms with van der Waals surface area (Å²) in [5.74, 6) is 0.255. The summed E-state index contributed by atoms with van der Waals surface area (Å²) in [5, 5.41) is 11.7. The summed E-state index contributed by atoms with van der Waals surface area (Å²) in [4.78, 5) is 18.5. The number of aryl methyl sites for hydroxylation is 1. The van der Waals surface area contributed by atoms with Gasteiger partial charge in [-0.25, -0.2) is 13.5 Å². The van der Waals surface area contributed by atoms with Crippen molar-refractivity contribution in [3.8, 4) is 5.75 Å². The van der Waals surface area contributed by atoms with Gasteiger partial charge in [0.05, 0.1) is 10.6 Å². The molecular formula is C34H28ClF2N5O2S. The Bertz CT molecular complexity index is 1890. The summed E-state index contributed by atoms with van der Waals surface area (Å²) in [5.41, 5.74) is 4.30. The number of fused-ring (bicyclic) bond motifs is 1. The van der Waals surface area contributed by atoms with Gasteiger partial charge in [0.2, 0.25) is 11.1 Å². The minimum atomic E-state index is -0.642. The van der Waals surface area contributed by atoms with Crippen molar-refractivity contribution in [3.05, 3.63) is 141 Å². The van der Waals surface area contributed by atoms with Crippen LogP contribution in [0.3, 0.4) is 0 Å². The number of rotatable bonds is 9. The highest BCUT2D eigenvalue weighted by Gasteiger charge is 2.34. The number of nitrogens with one attached hydrogen (secondary N) is 2. The lowest BCUT2D eigenvalue weighted by Crippen LogP contribution is -2.31. The molecule has 0 aliphatic carbocycles. The molecule has 1 aliphatic rings. The molecule has 0 radical (unpaired) electrons. The fraction of sp³-hybridized carbons (Fsp3) is 0.147. The molecule has 0 saturated heterocycles. The largest absolute Gasteiger partial charge is 0.489 e. The first-order valence-corrected chi connectivity index (χ1v) is 15.5. The predicted molar refractivity (Wildman–Crippen MR) is 172 cm³/mol. The van der Waals surface area contributed by atoms with Gasteiger partial charge in [0.1, 0.15) is 30.0 Å². The Labute approximate surface area is 268 Å². The van der Waals surface area contributed by atoms with E-state index in [2.05, 4.69) is 15.6 Å². The Kier molecular flexibility index (Phi) is 8.86. The van der Waals surface area contributed by atoms with Crippen molar-refractivity contribution in [1.29, 1.82) is 0 Å². The van der Waals surface area contributed by atoms with Gasteiger partial charge < -0.3 is 15.4 Å². The zero-order valence-corrected chi connectivity index (χ0v) is 25.9. The third-order valence-corrected chi connectivity index (χ3v) is 8.55. The first-order chi connectivity index (χ1) is 21.8. The second kappa shape index (κ2) is 13.1. The topological polar surface area (TPSA) is 81.1 Å². The highest BCUT2D eigenvalue weighted by molar-refractivity contribution is 7.98. The van der Waals surface area contributed by atoms with Crippen molar-refractivity contribution in [2.75, 3.05) is 10.6 Å². The Morgan fingerprint density at radius 1 is 1.00 bits per heavy atom. The molecule has 4 aromatic carbocycles. The van der Waals surface area contributed by atoms with Crippen LogP contribution in [-0.4, -0.2) is 20.7 Å². The quantitative estimate of drug-likeness (QED) is 0.157. The average Bonchev–Trinajstić information content (AvgIpc) is 3.42. The Morgan fingerprint density at radius 3 is 2.51 bits per heavy atom. The van der Waals surface area contributed by atoms with Crippen molar-refractivity contribution in [1.82, 2.24) is 14.8 Å². The number of amides is 1. The molecule has 1 unspecified atom stereocenters. The van der Waals surface area contributed by atoms with Crippen molar-refractivity contribution < 1.29 is 18.3 Å². The number of hydrogen-bond donors (Lipinski definition) is 2. The number of anilines is 2. The van der Waals surface area contributed by atoms with Crippen LogP contribution in [0.2, 0.25) is 5.02 Å². The van der Waals surface area contributed by atoms with E-state index in [-0.39, 0.29) is 28.9 Å². The van der Waals surface area contributed by atoms with Crippen molar-refractivity contribution >= 4 is 40.9 Å². The molecule has 0 fully saturated rings. The van der Waals surface area contributed by atoms with Gasteiger partial charge in [0.25, 0.3) is 5.91 Å². The summed E-state index contributed by atoms with van der Waals surface area (Å²) in [6, 6.07) is 25.2. The van der Waals surface area contributed by atoms with E-state index in [1.165, 1.54) is 23.9 Å². The number of benzene rings is 4. The molecule has 1 aromatic heterocycles. The summed E-state index contributed by atoms with van der Waals surface area (Å²) in [6.45, 7) is 3.73. The third kappa shape index (κ3) is 6.72. The van der Waals surface area contributed by atoms with E-state index in [1.807, 2.05) is 50.2 Å². The number of carbonyl (C=O) groups is 1. The molecule has 11 heteroatoms. The number of nitrogens with zero attached hydrogens (tertiary/aromatic N) is 3. The molecule has 2 N–H and O–H groups in total. The number of allylic oxidation sites excluding steroid dienone is 1. The summed E-state index contributed by atoms with van der Waals surface area (Å²) in [6.07, 6.45) is 0. The van der Waals surface area contributed by atoms with Crippen LogP contribution in [0.4, 0.5) is 20.4 Å². The number of ether oxygens (including phenoxy) is 1. The van der Waals surface area contributed by atoms with Crippen LogP contribution in [0.25, 0.3) is 0 Å². The normalized spacial score (nSPS) is 14.1. The molecule has 1 atom stereocenters. The smallest absolute Gasteiger partial charge is 0.255 e. The maximum absolute atomic E-state index is 14.3. The number of thioether (sulfide) groups is 1. The van der Waals surface area contributed by atoms with Crippen LogP contribution in [-0.2, 0) is 17.2 Å². The molecule has 6 rings (SSSR count). The maximum Gasteiger partial charge on any atom is 0.255 e. The Balaban J connectivity index is 1.30. The van der Waals surface area contributed by atoms with E-state index in [9.17, 15) is 13.6 Å². The number of aromatic nitrogens is 3. The second-order valence-electron chi connectivity index (χ2n) is 10.5. The van der Waals surface area contributed by atoms with Crippen LogP contribution >= 0.6 is 23.4 Å². The van der Waals surface area contributed by atoms with Gasteiger partial charge in [-0.1, -0.05) is 71.9 Å². The number of hydrogen-bond acceptors (Lipinski definition) is 6. The summed E-state index contributed by atoms with van der Waals surface area (Å²) in [7, 11) is 0. The summed E-state index contributed by atoms with van der Waals surface area (Å²) >= 11 is 7.46. The van der Waals surface area contributed by atoms with E-state index in [1.54, 1.807) is 47.1 Å². The van der Waals surface area contributed by atoms with Crippen molar-refractivity contribution in [2.24, 2.45) is 0 Å². The van der Waals surface area contributed by atoms with Crippen molar-refractivity contribution in [2.45, 2.75) is 37.4 Å². The average molecular weight is 644 g/mol. The van der Waals surface area contributed by atoms with Crippen LogP contribution in [0.5, 0.6) is 5.75 Å². The standard InChI is InChI=1S/C34H28ClF2N5O2S/c1-20-7-5-9-24(17-20)39-32(43)30-21(2)38-33-40-34(45-19-23-8-3-4-11-28(23)36)41-42(33)31(30)22-13-15-25(16-14-22)44-18-26-27(35)10-6-12-29(26)37/h3-17,31H,18-19H2,1-2H3,(H,39,43)(H,38,40,41). The molecule has 1 amide bonds. The Morgan fingerprint density at radius 2 is 1.76 bits per heavy atom. The second-order valence-corrected chi connectivity index (χ2v) is 11.8. The highest BCUT2D eigenvalue weighted by Crippen LogP contribution is 2.38. The highest BCUT2D eigenvalue weighted by atomic mass is 35.5. The Hall–Kier alpha value is -4.67. The molecular weight excluding hydrogens is 616 g/mol. The molecule has 0 bridgehead atoms. The number of carbonyl (C=O) groups excluding carboxylic acids is 1. The van der Waals surface area contributed by atoms with Gasteiger partial charge in [-0.3, -0.25) is 4.79 Å². The predicted octanol–water partition coefficient (Wildman–Crippen LogP) is 8.32. The fourth-order valence-corrected chi connectivity index (χ4v) is 6.08. The lowest BCUT2D eigenvalue weighted by atomic mass is 9.95. The first kappa shape index (κ1) is 30.4. The van der Waals surface area contributed by atoms with Gasteiger partial charge in [-0.2, -0.15) is 4.98 Å². The van der Waals surface area contributed by atoms with Gasteiger partial charge in [0, 0.05) is 22.7 Å². The molecule has 7 nitrogen and oxygen atoms in total. The monoisotopic (exact) mass is 643 g/mol. The molecule has 1 aliphatic heterocycles. The molecule has 2 heterocycles. The SMILES string of the molecule is CC1=C(C(=O)Nc2cccc(C)c2)C(c2ccc(OCc3c(F)cccc3Cl)cc2)n2nc(SCc3ccccc3F)nc2N1. The van der Waals surface area contributed by atoms with Crippen LogP contribution in [0.15, 0.2) is 107 Å². The lowest BCUT2D eigenvalue weighted by molar-refractivity contribution is -0.113.